The third-order valence-electron chi connectivity index (χ3n) is 7.72. The van der Waals surface area contributed by atoms with E-state index in [1.165, 1.54) is 6.20 Å². The molecule has 2 fully saturated rings. The van der Waals surface area contributed by atoms with Gasteiger partial charge in [0.05, 0.1) is 42.4 Å². The van der Waals surface area contributed by atoms with E-state index in [0.29, 0.717) is 24.5 Å². The fourth-order valence-corrected chi connectivity index (χ4v) is 5.50. The Balaban J connectivity index is 0.000000218. The summed E-state index contributed by atoms with van der Waals surface area (Å²) >= 11 is 6.36. The minimum Gasteiger partial charge on any atom is -0.484 e. The number of benzene rings is 1. The van der Waals surface area contributed by atoms with Gasteiger partial charge in [0.2, 0.25) is 5.43 Å². The average Bonchev–Trinajstić information content (AvgIpc) is 3.07. The highest BCUT2D eigenvalue weighted by molar-refractivity contribution is 6.37. The summed E-state index contributed by atoms with van der Waals surface area (Å²) < 4.78 is 37.0. The second-order valence-electron chi connectivity index (χ2n) is 10.9. The van der Waals surface area contributed by atoms with E-state index in [1.807, 2.05) is 6.92 Å². The Bertz CT molecular complexity index is 1440. The molecular weight excluding hydrogens is 670 g/mol. The first-order chi connectivity index (χ1) is 22.9. The normalized spacial score (nSPS) is 33.1. The number of hydrogen-bond acceptors (Lipinski definition) is 17. The fraction of sp³-hybridized carbons (Fsp3) is 0.655. The Kier molecular flexibility index (Phi) is 13.4. The quantitative estimate of drug-likeness (QED) is 0.118. The van der Waals surface area contributed by atoms with E-state index in [-0.39, 0.29) is 41.0 Å². The number of halogens is 1. The second-order valence-corrected chi connectivity index (χ2v) is 11.3. The standard InChI is InChI=1S/C17H18ClNO6.C12H22O11/c1-3-22-7-9-8-24-16-12(25-9)5-11-13(14(16)18)15(20)10(6-19-11)17(21)23-4-2;13-1-3-5(15)6(16)9(19)12(22-3)23-10-4(2-14)21-11(20)8(18)7(10)17/h5-6,9H,3-4,7-8H2,1-2H3,(H,19,20);3-20H,1-2H2. The number of hydrogen-bond donors (Lipinski definition) is 9. The Labute approximate surface area is 277 Å². The number of aliphatic hydroxyl groups is 8. The van der Waals surface area contributed by atoms with Crippen molar-refractivity contribution in [2.45, 2.75) is 81.4 Å². The van der Waals surface area contributed by atoms with Crippen LogP contribution in [0.2, 0.25) is 5.02 Å². The summed E-state index contributed by atoms with van der Waals surface area (Å²) in [5, 5.41) is 76.8. The SMILES string of the molecule is CCOCC1COc2c(cc3[nH]cc(C(=O)OCC)c(=O)c3c2Cl)O1.OCC1OC(OC2C(CO)OC(O)C(O)C2O)C(O)C(O)C1O. The second kappa shape index (κ2) is 16.8. The van der Waals surface area contributed by atoms with Gasteiger partial charge in [-0.25, -0.2) is 4.79 Å². The molecule has 0 amide bonds. The van der Waals surface area contributed by atoms with Gasteiger partial charge in [-0.2, -0.15) is 0 Å². The van der Waals surface area contributed by atoms with Crippen molar-refractivity contribution in [2.75, 3.05) is 39.6 Å². The van der Waals surface area contributed by atoms with Crippen LogP contribution >= 0.6 is 11.6 Å². The van der Waals surface area contributed by atoms with E-state index in [9.17, 15) is 45.3 Å². The molecule has 5 rings (SSSR count). The van der Waals surface area contributed by atoms with Gasteiger partial charge in [0.25, 0.3) is 0 Å². The van der Waals surface area contributed by atoms with Crippen LogP contribution in [0.5, 0.6) is 11.5 Å². The molecule has 11 atom stereocenters. The van der Waals surface area contributed by atoms with Crippen LogP contribution in [0, 0.1) is 0 Å². The number of aromatic amines is 1. The van der Waals surface area contributed by atoms with Crippen LogP contribution in [0.25, 0.3) is 10.9 Å². The van der Waals surface area contributed by atoms with Gasteiger partial charge in [-0.3, -0.25) is 4.79 Å². The molecule has 0 aliphatic carbocycles. The van der Waals surface area contributed by atoms with E-state index in [0.717, 1.165) is 0 Å². The van der Waals surface area contributed by atoms with Gasteiger partial charge in [-0.05, 0) is 13.8 Å². The summed E-state index contributed by atoms with van der Waals surface area (Å²) in [5.74, 6) is 0.00907. The van der Waals surface area contributed by atoms with Crippen molar-refractivity contribution in [3.05, 3.63) is 33.1 Å². The zero-order valence-electron chi connectivity index (χ0n) is 25.9. The molecule has 3 aliphatic rings. The van der Waals surface area contributed by atoms with Gasteiger partial charge in [0.1, 0.15) is 61.0 Å². The predicted octanol–water partition coefficient (Wildman–Crippen LogP) is -2.86. The highest BCUT2D eigenvalue weighted by Gasteiger charge is 2.50. The lowest BCUT2D eigenvalue weighted by atomic mass is 9.97. The molecule has 11 unspecified atom stereocenters. The van der Waals surface area contributed by atoms with Crippen LogP contribution in [0.1, 0.15) is 24.2 Å². The van der Waals surface area contributed by atoms with Crippen molar-refractivity contribution < 1.29 is 78.8 Å². The van der Waals surface area contributed by atoms with Crippen LogP contribution in [-0.2, 0) is 23.7 Å². The van der Waals surface area contributed by atoms with E-state index in [2.05, 4.69) is 4.98 Å². The molecule has 1 aromatic heterocycles. The van der Waals surface area contributed by atoms with Gasteiger partial charge < -0.3 is 79.0 Å². The number of H-pyrrole nitrogens is 1. The van der Waals surface area contributed by atoms with Crippen molar-refractivity contribution in [2.24, 2.45) is 0 Å². The summed E-state index contributed by atoms with van der Waals surface area (Å²) in [6.45, 7) is 3.62. The third-order valence-corrected chi connectivity index (χ3v) is 8.08. The number of pyridine rings is 1. The molecule has 0 saturated carbocycles. The molecule has 19 heteroatoms. The number of rotatable bonds is 9. The molecule has 9 N–H and O–H groups in total. The van der Waals surface area contributed by atoms with Gasteiger partial charge >= 0.3 is 5.97 Å². The number of aliphatic hydroxyl groups excluding tert-OH is 8. The van der Waals surface area contributed by atoms with Gasteiger partial charge in [0.15, 0.2) is 30.2 Å². The summed E-state index contributed by atoms with van der Waals surface area (Å²) in [5.41, 5.74) is -0.176. The molecule has 18 nitrogen and oxygen atoms in total. The maximum absolute atomic E-state index is 12.6. The molecule has 0 radical (unpaired) electrons. The molecule has 48 heavy (non-hydrogen) atoms. The zero-order valence-corrected chi connectivity index (χ0v) is 26.6. The molecular formula is C29H40ClNO17. The monoisotopic (exact) mass is 709 g/mol. The van der Waals surface area contributed by atoms with Crippen molar-refractivity contribution in [1.82, 2.24) is 4.98 Å². The molecule has 4 heterocycles. The highest BCUT2D eigenvalue weighted by Crippen LogP contribution is 2.42. The number of carbonyl (C=O) groups excluding carboxylic acids is 1. The summed E-state index contributed by atoms with van der Waals surface area (Å²) in [6.07, 6.45) is -14.5. The minimum atomic E-state index is -1.74. The van der Waals surface area contributed by atoms with E-state index >= 15 is 0 Å². The molecule has 270 valence electrons. The van der Waals surface area contributed by atoms with Crippen molar-refractivity contribution >= 4 is 28.5 Å². The molecule has 2 aromatic rings. The van der Waals surface area contributed by atoms with E-state index in [4.69, 9.17) is 49.9 Å². The van der Waals surface area contributed by atoms with Crippen molar-refractivity contribution in [3.63, 3.8) is 0 Å². The van der Waals surface area contributed by atoms with Crippen LogP contribution in [0.4, 0.5) is 0 Å². The Morgan fingerprint density at radius 1 is 0.958 bits per heavy atom. The molecule has 2 saturated heterocycles. The van der Waals surface area contributed by atoms with Gasteiger partial charge in [-0.1, -0.05) is 11.6 Å². The largest absolute Gasteiger partial charge is 0.484 e. The Morgan fingerprint density at radius 3 is 2.31 bits per heavy atom. The maximum Gasteiger partial charge on any atom is 0.343 e. The molecule has 0 spiro atoms. The van der Waals surface area contributed by atoms with Crippen molar-refractivity contribution in [1.29, 1.82) is 0 Å². The number of ether oxygens (including phenoxy) is 7. The summed E-state index contributed by atoms with van der Waals surface area (Å²) in [7, 11) is 0. The number of nitrogens with one attached hydrogen (secondary N) is 1. The number of esters is 1. The highest BCUT2D eigenvalue weighted by atomic mass is 35.5. The lowest BCUT2D eigenvalue weighted by Crippen LogP contribution is -2.64. The van der Waals surface area contributed by atoms with Crippen LogP contribution in [0.15, 0.2) is 17.1 Å². The fourth-order valence-electron chi connectivity index (χ4n) is 5.17. The minimum absolute atomic E-state index is 0.106. The van der Waals surface area contributed by atoms with E-state index in [1.54, 1.807) is 13.0 Å². The van der Waals surface area contributed by atoms with Crippen LogP contribution in [0.3, 0.4) is 0 Å². The lowest BCUT2D eigenvalue weighted by Gasteiger charge is -2.45. The summed E-state index contributed by atoms with van der Waals surface area (Å²) in [4.78, 5) is 27.4. The summed E-state index contributed by atoms with van der Waals surface area (Å²) in [6, 6.07) is 1.63. The molecule has 3 aliphatic heterocycles. The number of carbonyl (C=O) groups is 1. The first kappa shape index (κ1) is 38.1. The van der Waals surface area contributed by atoms with Crippen molar-refractivity contribution in [3.8, 4) is 11.5 Å². The van der Waals surface area contributed by atoms with E-state index < -0.39 is 86.0 Å². The van der Waals surface area contributed by atoms with Crippen LogP contribution < -0.4 is 14.9 Å². The zero-order chi connectivity index (χ0) is 35.3. The first-order valence-electron chi connectivity index (χ1n) is 15.1. The Morgan fingerprint density at radius 2 is 1.67 bits per heavy atom. The van der Waals surface area contributed by atoms with Gasteiger partial charge in [0, 0.05) is 18.9 Å². The van der Waals surface area contributed by atoms with Gasteiger partial charge in [-0.15, -0.1) is 0 Å². The third kappa shape index (κ3) is 8.02. The molecule has 1 aromatic carbocycles. The number of fused-ring (bicyclic) bond motifs is 2. The topological polar surface area (TPSA) is 276 Å². The number of aromatic nitrogens is 1. The lowest BCUT2D eigenvalue weighted by molar-refractivity contribution is -0.355. The van der Waals surface area contributed by atoms with Crippen LogP contribution in [-0.4, -0.2) is 159 Å². The maximum atomic E-state index is 12.6. The average molecular weight is 710 g/mol. The first-order valence-corrected chi connectivity index (χ1v) is 15.4. The molecule has 0 bridgehead atoms. The predicted molar refractivity (Wildman–Crippen MR) is 161 cm³/mol. The Hall–Kier alpha value is -2.69. The smallest absolute Gasteiger partial charge is 0.343 e.